The molecule has 1 amide bonds. The molecule has 0 saturated carbocycles. The number of imidazole rings is 1. The van der Waals surface area contributed by atoms with Gasteiger partial charge in [-0.2, -0.15) is 0 Å². The first-order valence-electron chi connectivity index (χ1n) is 11.2. The number of rotatable bonds is 9. The second-order valence-electron chi connectivity index (χ2n) is 8.13. The van der Waals surface area contributed by atoms with Crippen LogP contribution in [-0.2, 0) is 13.0 Å². The predicted octanol–water partition coefficient (Wildman–Crippen LogP) is 5.86. The Morgan fingerprint density at radius 2 is 1.82 bits per heavy atom. The number of benzene rings is 3. The average molecular weight is 506 g/mol. The van der Waals surface area contributed by atoms with E-state index in [0.717, 1.165) is 39.9 Å². The number of hydrogen-bond donors (Lipinski definition) is 1. The molecule has 33 heavy (non-hydrogen) atoms. The Morgan fingerprint density at radius 1 is 1.03 bits per heavy atom. The second kappa shape index (κ2) is 10.7. The summed E-state index contributed by atoms with van der Waals surface area (Å²) in [4.78, 5) is 17.2. The molecule has 1 aromatic heterocycles. The number of carbonyl (C=O) groups is 1. The Labute approximate surface area is 202 Å². The molecule has 3 aromatic carbocycles. The highest BCUT2D eigenvalue weighted by Crippen LogP contribution is 2.19. The van der Waals surface area contributed by atoms with E-state index >= 15 is 0 Å². The van der Waals surface area contributed by atoms with Crippen molar-refractivity contribution in [3.8, 4) is 5.75 Å². The Bertz CT molecular complexity index is 1250. The molecule has 6 heteroatoms. The number of para-hydroxylation sites is 2. The third-order valence-electron chi connectivity index (χ3n) is 5.76. The Kier molecular flexibility index (Phi) is 7.45. The maximum absolute atomic E-state index is 12.3. The summed E-state index contributed by atoms with van der Waals surface area (Å²) < 4.78 is 9.21. The summed E-state index contributed by atoms with van der Waals surface area (Å²) in [5.41, 5.74) is 5.24. The van der Waals surface area contributed by atoms with Crippen molar-refractivity contribution in [2.24, 2.45) is 0 Å². The number of nitrogens with zero attached hydrogens (tertiary/aromatic N) is 2. The number of amides is 1. The third kappa shape index (κ3) is 5.82. The minimum absolute atomic E-state index is 0.0576. The summed E-state index contributed by atoms with van der Waals surface area (Å²) in [7, 11) is 0. The van der Waals surface area contributed by atoms with E-state index in [9.17, 15) is 4.79 Å². The van der Waals surface area contributed by atoms with Gasteiger partial charge >= 0.3 is 0 Å². The molecule has 0 aliphatic carbocycles. The van der Waals surface area contributed by atoms with Crippen LogP contribution in [0.4, 0.5) is 0 Å². The fourth-order valence-corrected chi connectivity index (χ4v) is 4.04. The van der Waals surface area contributed by atoms with Crippen LogP contribution in [0.3, 0.4) is 0 Å². The molecule has 4 aromatic rings. The highest BCUT2D eigenvalue weighted by molar-refractivity contribution is 9.10. The van der Waals surface area contributed by atoms with E-state index in [0.29, 0.717) is 25.3 Å². The molecule has 0 aliphatic heterocycles. The first-order valence-corrected chi connectivity index (χ1v) is 12.0. The monoisotopic (exact) mass is 505 g/mol. The largest absolute Gasteiger partial charge is 0.492 e. The van der Waals surface area contributed by atoms with Crippen molar-refractivity contribution in [3.63, 3.8) is 0 Å². The lowest BCUT2D eigenvalue weighted by molar-refractivity contribution is 0.0953. The lowest BCUT2D eigenvalue weighted by Crippen LogP contribution is -2.25. The van der Waals surface area contributed by atoms with Gasteiger partial charge in [0.05, 0.1) is 17.6 Å². The van der Waals surface area contributed by atoms with Gasteiger partial charge in [-0.15, -0.1) is 0 Å². The summed E-state index contributed by atoms with van der Waals surface area (Å²) in [5, 5.41) is 3.00. The molecule has 170 valence electrons. The van der Waals surface area contributed by atoms with Crippen LogP contribution < -0.4 is 10.1 Å². The molecule has 0 radical (unpaired) electrons. The highest BCUT2D eigenvalue weighted by atomic mass is 79.9. The number of ether oxygens (including phenoxy) is 1. The molecule has 0 fully saturated rings. The molecule has 4 rings (SSSR count). The average Bonchev–Trinajstić information content (AvgIpc) is 3.17. The Hall–Kier alpha value is -3.12. The zero-order valence-electron chi connectivity index (χ0n) is 19.0. The van der Waals surface area contributed by atoms with E-state index in [1.165, 1.54) is 11.1 Å². The SMILES string of the molecule is Cc1ccc(OCCn2c(CCCNC(=O)c3ccc(Br)cc3)nc3ccccc32)cc1C. The van der Waals surface area contributed by atoms with Crippen molar-refractivity contribution in [3.05, 3.63) is 93.7 Å². The maximum atomic E-state index is 12.3. The van der Waals surface area contributed by atoms with Crippen molar-refractivity contribution in [2.75, 3.05) is 13.2 Å². The van der Waals surface area contributed by atoms with Crippen molar-refractivity contribution in [2.45, 2.75) is 33.2 Å². The van der Waals surface area contributed by atoms with Gasteiger partial charge in [0.15, 0.2) is 0 Å². The second-order valence-corrected chi connectivity index (χ2v) is 9.04. The van der Waals surface area contributed by atoms with Crippen LogP contribution in [0.15, 0.2) is 71.2 Å². The van der Waals surface area contributed by atoms with Gasteiger partial charge in [-0.3, -0.25) is 4.79 Å². The Morgan fingerprint density at radius 3 is 2.61 bits per heavy atom. The minimum atomic E-state index is -0.0576. The van der Waals surface area contributed by atoms with Crippen LogP contribution in [0.2, 0.25) is 0 Å². The molecule has 0 bridgehead atoms. The first kappa shape index (κ1) is 23.1. The van der Waals surface area contributed by atoms with Crippen LogP contribution in [0, 0.1) is 13.8 Å². The number of halogens is 1. The number of fused-ring (bicyclic) bond motifs is 1. The normalized spacial score (nSPS) is 11.0. The lowest BCUT2D eigenvalue weighted by Gasteiger charge is -2.12. The van der Waals surface area contributed by atoms with E-state index < -0.39 is 0 Å². The first-order chi connectivity index (χ1) is 16.0. The quantitative estimate of drug-likeness (QED) is 0.290. The molecule has 0 saturated heterocycles. The van der Waals surface area contributed by atoms with E-state index in [-0.39, 0.29) is 5.91 Å². The molecule has 0 spiro atoms. The number of nitrogens with one attached hydrogen (secondary N) is 1. The molecule has 0 aliphatic rings. The number of aromatic nitrogens is 2. The Balaban J connectivity index is 1.36. The zero-order chi connectivity index (χ0) is 23.2. The van der Waals surface area contributed by atoms with Gasteiger partial charge in [0, 0.05) is 23.0 Å². The van der Waals surface area contributed by atoms with Crippen LogP contribution in [0.5, 0.6) is 5.75 Å². The molecular formula is C27H28BrN3O2. The summed E-state index contributed by atoms with van der Waals surface area (Å²) >= 11 is 3.39. The zero-order valence-corrected chi connectivity index (χ0v) is 20.6. The number of hydrogen-bond acceptors (Lipinski definition) is 3. The summed E-state index contributed by atoms with van der Waals surface area (Å²) in [6.45, 7) is 6.07. The van der Waals surface area contributed by atoms with Crippen LogP contribution in [0.25, 0.3) is 11.0 Å². The van der Waals surface area contributed by atoms with Crippen molar-refractivity contribution < 1.29 is 9.53 Å². The van der Waals surface area contributed by atoms with Crippen molar-refractivity contribution >= 4 is 32.9 Å². The van der Waals surface area contributed by atoms with Gasteiger partial charge < -0.3 is 14.6 Å². The van der Waals surface area contributed by atoms with Gasteiger partial charge in [0.2, 0.25) is 0 Å². The van der Waals surface area contributed by atoms with Crippen LogP contribution in [0.1, 0.15) is 33.7 Å². The van der Waals surface area contributed by atoms with E-state index in [2.05, 4.69) is 57.9 Å². The molecular weight excluding hydrogens is 478 g/mol. The van der Waals surface area contributed by atoms with Gasteiger partial charge in [0.25, 0.3) is 5.91 Å². The van der Waals surface area contributed by atoms with E-state index in [4.69, 9.17) is 9.72 Å². The van der Waals surface area contributed by atoms with Crippen LogP contribution in [-0.4, -0.2) is 28.6 Å². The number of carbonyl (C=O) groups excluding carboxylic acids is 1. The summed E-state index contributed by atoms with van der Waals surface area (Å²) in [5.74, 6) is 1.84. The molecule has 1 heterocycles. The molecule has 1 N–H and O–H groups in total. The third-order valence-corrected chi connectivity index (χ3v) is 6.29. The smallest absolute Gasteiger partial charge is 0.251 e. The fourth-order valence-electron chi connectivity index (χ4n) is 3.78. The highest BCUT2D eigenvalue weighted by Gasteiger charge is 2.11. The lowest BCUT2D eigenvalue weighted by atomic mass is 10.1. The van der Waals surface area contributed by atoms with Crippen LogP contribution >= 0.6 is 15.9 Å². The van der Waals surface area contributed by atoms with Gasteiger partial charge in [0.1, 0.15) is 18.2 Å². The van der Waals surface area contributed by atoms with E-state index in [1.807, 2.05) is 48.5 Å². The minimum Gasteiger partial charge on any atom is -0.492 e. The summed E-state index contributed by atoms with van der Waals surface area (Å²) in [6, 6.07) is 21.7. The van der Waals surface area contributed by atoms with E-state index in [1.54, 1.807) is 0 Å². The fraction of sp³-hybridized carbons (Fsp3) is 0.259. The van der Waals surface area contributed by atoms with Gasteiger partial charge in [-0.25, -0.2) is 4.98 Å². The molecule has 0 unspecified atom stereocenters. The van der Waals surface area contributed by atoms with Gasteiger partial charge in [-0.05, 0) is 79.9 Å². The molecule has 0 atom stereocenters. The molecule has 5 nitrogen and oxygen atoms in total. The van der Waals surface area contributed by atoms with Crippen molar-refractivity contribution in [1.29, 1.82) is 0 Å². The topological polar surface area (TPSA) is 56.1 Å². The number of aryl methyl sites for hydroxylation is 3. The predicted molar refractivity (Wildman–Crippen MR) is 136 cm³/mol. The maximum Gasteiger partial charge on any atom is 0.251 e. The standard InChI is InChI=1S/C27H28BrN3O2/c1-19-9-14-23(18-20(19)2)33-17-16-31-25-7-4-3-6-24(25)30-26(31)8-5-15-29-27(32)21-10-12-22(28)13-11-21/h3-4,6-7,9-14,18H,5,8,15-17H2,1-2H3,(H,29,32). The summed E-state index contributed by atoms with van der Waals surface area (Å²) in [6.07, 6.45) is 1.59. The van der Waals surface area contributed by atoms with Crippen molar-refractivity contribution in [1.82, 2.24) is 14.9 Å². The van der Waals surface area contributed by atoms with Gasteiger partial charge in [-0.1, -0.05) is 34.1 Å².